The number of nitrogens with one attached hydrogen (secondary N) is 1. The Morgan fingerprint density at radius 3 is 2.79 bits per heavy atom. The van der Waals surface area contributed by atoms with Gasteiger partial charge in [0.1, 0.15) is 5.00 Å². The highest BCUT2D eigenvalue weighted by molar-refractivity contribution is 7.99. The minimum absolute atomic E-state index is 0.0702. The molecule has 156 valence electrons. The zero-order valence-corrected chi connectivity index (χ0v) is 19.0. The normalized spacial score (nSPS) is 13.8. The Bertz CT molecular complexity index is 868. The van der Waals surface area contributed by atoms with E-state index in [1.165, 1.54) is 11.3 Å². The van der Waals surface area contributed by atoms with Gasteiger partial charge in [-0.15, -0.1) is 23.1 Å². The average Bonchev–Trinajstić information content (AvgIpc) is 3.03. The zero-order chi connectivity index (χ0) is 20.8. The Morgan fingerprint density at radius 2 is 2.07 bits per heavy atom. The molecule has 1 aliphatic rings. The number of thioether (sulfide) groups is 1. The first-order valence-corrected chi connectivity index (χ1v) is 11.8. The van der Waals surface area contributed by atoms with E-state index in [1.807, 2.05) is 24.3 Å². The van der Waals surface area contributed by atoms with E-state index < -0.39 is 0 Å². The molecule has 2 heterocycles. The Kier molecular flexibility index (Phi) is 8.00. The van der Waals surface area contributed by atoms with E-state index in [1.54, 1.807) is 18.7 Å². The molecule has 8 heteroatoms. The van der Waals surface area contributed by atoms with Gasteiger partial charge in [0.2, 0.25) is 5.91 Å². The average molecular weight is 453 g/mol. The lowest BCUT2D eigenvalue weighted by Gasteiger charge is -2.22. The number of carbonyl (C=O) groups excluding carboxylic acids is 2. The zero-order valence-electron chi connectivity index (χ0n) is 16.6. The van der Waals surface area contributed by atoms with Crippen LogP contribution in [0.4, 0.5) is 5.00 Å². The van der Waals surface area contributed by atoms with E-state index >= 15 is 0 Å². The number of rotatable bonds is 8. The van der Waals surface area contributed by atoms with Crippen molar-refractivity contribution in [1.82, 2.24) is 4.90 Å². The Balaban J connectivity index is 1.59. The number of carbonyl (C=O) groups is 2. The summed E-state index contributed by atoms with van der Waals surface area (Å²) in [5.74, 6) is 0.424. The number of halogens is 1. The number of nitrogens with zero attached hydrogens (tertiary/aromatic N) is 1. The quantitative estimate of drug-likeness (QED) is 0.344. The first-order chi connectivity index (χ1) is 14.0. The first-order valence-electron chi connectivity index (χ1n) is 9.66. The highest BCUT2D eigenvalue weighted by atomic mass is 35.5. The van der Waals surface area contributed by atoms with Crippen molar-refractivity contribution in [3.63, 3.8) is 0 Å². The molecule has 0 radical (unpaired) electrons. The summed E-state index contributed by atoms with van der Waals surface area (Å²) in [6, 6.07) is 7.69. The SMILES string of the molecule is CCOC(=O)c1c(NC(=O)CCCSc2ccc(Cl)cc2)sc2c1CCN(C)C2. The first kappa shape index (κ1) is 22.2. The van der Waals surface area contributed by atoms with Crippen LogP contribution in [0.25, 0.3) is 0 Å². The second-order valence-corrected chi connectivity index (χ2v) is 9.58. The lowest BCUT2D eigenvalue weighted by atomic mass is 10.0. The van der Waals surface area contributed by atoms with Crippen LogP contribution in [0.15, 0.2) is 29.2 Å². The monoisotopic (exact) mass is 452 g/mol. The van der Waals surface area contributed by atoms with Crippen molar-refractivity contribution in [2.24, 2.45) is 0 Å². The van der Waals surface area contributed by atoms with Gasteiger partial charge in [-0.1, -0.05) is 11.6 Å². The van der Waals surface area contributed by atoms with Gasteiger partial charge in [0, 0.05) is 34.3 Å². The van der Waals surface area contributed by atoms with Crippen molar-refractivity contribution >= 4 is 51.6 Å². The summed E-state index contributed by atoms with van der Waals surface area (Å²) in [4.78, 5) is 29.5. The Hall–Kier alpha value is -1.54. The number of hydrogen-bond donors (Lipinski definition) is 1. The fraction of sp³-hybridized carbons (Fsp3) is 0.429. The van der Waals surface area contributed by atoms with Crippen LogP contribution < -0.4 is 5.32 Å². The van der Waals surface area contributed by atoms with E-state index in [-0.39, 0.29) is 11.9 Å². The fourth-order valence-corrected chi connectivity index (χ4v) is 5.49. The third-order valence-electron chi connectivity index (χ3n) is 4.61. The maximum atomic E-state index is 12.5. The van der Waals surface area contributed by atoms with Crippen molar-refractivity contribution in [2.75, 3.05) is 31.3 Å². The molecule has 0 atom stereocenters. The van der Waals surface area contributed by atoms with Gasteiger partial charge in [-0.2, -0.15) is 0 Å². The van der Waals surface area contributed by atoms with Crippen LogP contribution >= 0.6 is 34.7 Å². The van der Waals surface area contributed by atoms with Gasteiger partial charge < -0.3 is 15.0 Å². The summed E-state index contributed by atoms with van der Waals surface area (Å²) in [6.07, 6.45) is 1.96. The fourth-order valence-electron chi connectivity index (χ4n) is 3.18. The molecule has 1 amide bonds. The van der Waals surface area contributed by atoms with Crippen LogP contribution in [-0.4, -0.2) is 42.7 Å². The smallest absolute Gasteiger partial charge is 0.341 e. The Morgan fingerprint density at radius 1 is 1.31 bits per heavy atom. The molecule has 1 aromatic carbocycles. The van der Waals surface area contributed by atoms with Gasteiger partial charge in [-0.3, -0.25) is 4.79 Å². The number of hydrogen-bond acceptors (Lipinski definition) is 6. The molecule has 0 spiro atoms. The van der Waals surface area contributed by atoms with Gasteiger partial charge >= 0.3 is 5.97 Å². The highest BCUT2D eigenvalue weighted by Crippen LogP contribution is 2.37. The highest BCUT2D eigenvalue weighted by Gasteiger charge is 2.28. The van der Waals surface area contributed by atoms with Gasteiger partial charge in [-0.05, 0) is 62.4 Å². The topological polar surface area (TPSA) is 58.6 Å². The Labute approximate surface area is 184 Å². The molecule has 0 aliphatic carbocycles. The molecular weight excluding hydrogens is 428 g/mol. The molecule has 1 aliphatic heterocycles. The lowest BCUT2D eigenvalue weighted by molar-refractivity contribution is -0.116. The molecule has 0 bridgehead atoms. The van der Waals surface area contributed by atoms with Crippen LogP contribution in [0.2, 0.25) is 5.02 Å². The minimum Gasteiger partial charge on any atom is -0.462 e. The molecule has 3 rings (SSSR count). The van der Waals surface area contributed by atoms with Gasteiger partial charge in [0.05, 0.1) is 12.2 Å². The van der Waals surface area contributed by atoms with Crippen LogP contribution in [0, 0.1) is 0 Å². The number of amides is 1. The largest absolute Gasteiger partial charge is 0.462 e. The maximum Gasteiger partial charge on any atom is 0.341 e. The summed E-state index contributed by atoms with van der Waals surface area (Å²) in [5, 5.41) is 4.30. The van der Waals surface area contributed by atoms with Crippen LogP contribution in [0.3, 0.4) is 0 Å². The summed E-state index contributed by atoms with van der Waals surface area (Å²) >= 11 is 9.09. The molecule has 0 unspecified atom stereocenters. The van der Waals surface area contributed by atoms with Crippen LogP contribution in [0.1, 0.15) is 40.6 Å². The van der Waals surface area contributed by atoms with Crippen LogP contribution in [-0.2, 0) is 22.5 Å². The number of thiophene rings is 1. The number of ether oxygens (including phenoxy) is 1. The minimum atomic E-state index is -0.344. The molecule has 0 saturated carbocycles. The molecule has 0 fully saturated rings. The molecular formula is C21H25ClN2O3S2. The predicted octanol–water partition coefficient (Wildman–Crippen LogP) is 5.08. The number of likely N-dealkylation sites (N-methyl/N-ethyl adjacent to an activating group) is 1. The third kappa shape index (κ3) is 5.98. The van der Waals surface area contributed by atoms with E-state index in [2.05, 4.69) is 17.3 Å². The van der Waals surface area contributed by atoms with Gasteiger partial charge in [0.15, 0.2) is 0 Å². The molecule has 29 heavy (non-hydrogen) atoms. The number of esters is 1. The number of fused-ring (bicyclic) bond motifs is 1. The second-order valence-electron chi connectivity index (χ2n) is 6.87. The summed E-state index contributed by atoms with van der Waals surface area (Å²) in [5.41, 5.74) is 1.57. The standard InChI is InChI=1S/C21H25ClN2O3S2/c1-3-27-21(26)19-16-10-11-24(2)13-17(16)29-20(19)23-18(25)5-4-12-28-15-8-6-14(22)7-9-15/h6-9H,3-5,10-13H2,1-2H3,(H,23,25). The van der Waals surface area contributed by atoms with E-state index in [0.717, 1.165) is 52.0 Å². The summed E-state index contributed by atoms with van der Waals surface area (Å²) in [6.45, 7) is 3.80. The van der Waals surface area contributed by atoms with Crippen molar-refractivity contribution < 1.29 is 14.3 Å². The van der Waals surface area contributed by atoms with Crippen molar-refractivity contribution in [3.05, 3.63) is 45.3 Å². The lowest BCUT2D eigenvalue weighted by Crippen LogP contribution is -2.26. The molecule has 1 aromatic heterocycles. The number of anilines is 1. The van der Waals surface area contributed by atoms with Gasteiger partial charge in [-0.25, -0.2) is 4.79 Å². The predicted molar refractivity (Wildman–Crippen MR) is 120 cm³/mol. The second kappa shape index (κ2) is 10.5. The summed E-state index contributed by atoms with van der Waals surface area (Å²) in [7, 11) is 2.06. The van der Waals surface area contributed by atoms with Crippen LogP contribution in [0.5, 0.6) is 0 Å². The van der Waals surface area contributed by atoms with E-state index in [0.29, 0.717) is 23.6 Å². The van der Waals surface area contributed by atoms with E-state index in [4.69, 9.17) is 16.3 Å². The van der Waals surface area contributed by atoms with Gasteiger partial charge in [0.25, 0.3) is 0 Å². The van der Waals surface area contributed by atoms with Crippen molar-refractivity contribution in [2.45, 2.75) is 37.6 Å². The van der Waals surface area contributed by atoms with E-state index in [9.17, 15) is 9.59 Å². The molecule has 2 aromatic rings. The van der Waals surface area contributed by atoms with Crippen molar-refractivity contribution in [1.29, 1.82) is 0 Å². The number of benzene rings is 1. The maximum absolute atomic E-state index is 12.5. The molecule has 5 nitrogen and oxygen atoms in total. The molecule has 0 saturated heterocycles. The summed E-state index contributed by atoms with van der Waals surface area (Å²) < 4.78 is 5.25. The molecule has 1 N–H and O–H groups in total. The van der Waals surface area contributed by atoms with Crippen molar-refractivity contribution in [3.8, 4) is 0 Å². The third-order valence-corrected chi connectivity index (χ3v) is 7.09.